The molecule has 33 heavy (non-hydrogen) atoms. The molecule has 2 aliphatic rings. The van der Waals surface area contributed by atoms with Gasteiger partial charge in [0.15, 0.2) is 17.3 Å². The Kier molecular flexibility index (Phi) is 6.72. The van der Waals surface area contributed by atoms with Gasteiger partial charge in [0.1, 0.15) is 5.75 Å². The first-order valence-corrected chi connectivity index (χ1v) is 11.5. The smallest absolute Gasteiger partial charge is 0.225 e. The molecule has 1 heterocycles. The van der Waals surface area contributed by atoms with Gasteiger partial charge in [-0.05, 0) is 68.5 Å². The predicted molar refractivity (Wildman–Crippen MR) is 126 cm³/mol. The Morgan fingerprint density at radius 1 is 0.970 bits per heavy atom. The van der Waals surface area contributed by atoms with Gasteiger partial charge in [-0.25, -0.2) is 0 Å². The van der Waals surface area contributed by atoms with Crippen molar-refractivity contribution >= 4 is 11.7 Å². The van der Waals surface area contributed by atoms with E-state index in [4.69, 9.17) is 14.2 Å². The average Bonchev–Trinajstić information content (AvgIpc) is 2.78. The standard InChI is InChI=1S/C27H31NO5/c1-5-32-24-11-8-18(14-25(24)31-4)19-12-22-27(23(29)13-19)21(15-26(30)28-22)17-6-9-20(10-7-17)33-16(2)3/h6-11,14,16,19,21H,5,12-13,15H2,1-4H3,(H,28,30). The first-order valence-electron chi connectivity index (χ1n) is 11.5. The van der Waals surface area contributed by atoms with E-state index in [1.54, 1.807) is 7.11 Å². The number of ether oxygens (including phenoxy) is 3. The molecule has 0 radical (unpaired) electrons. The molecule has 0 bridgehead atoms. The third-order valence-electron chi connectivity index (χ3n) is 6.15. The van der Waals surface area contributed by atoms with E-state index in [-0.39, 0.29) is 36.1 Å². The molecule has 1 aliphatic carbocycles. The van der Waals surface area contributed by atoms with E-state index in [0.717, 1.165) is 28.1 Å². The van der Waals surface area contributed by atoms with Crippen LogP contribution in [0.25, 0.3) is 0 Å². The topological polar surface area (TPSA) is 73.9 Å². The zero-order valence-electron chi connectivity index (χ0n) is 19.6. The summed E-state index contributed by atoms with van der Waals surface area (Å²) in [5.74, 6) is 1.88. The predicted octanol–water partition coefficient (Wildman–Crippen LogP) is 4.89. The minimum atomic E-state index is -0.231. The van der Waals surface area contributed by atoms with Crippen molar-refractivity contribution in [2.45, 2.75) is 58.0 Å². The van der Waals surface area contributed by atoms with Gasteiger partial charge in [0.25, 0.3) is 0 Å². The molecule has 0 saturated heterocycles. The monoisotopic (exact) mass is 449 g/mol. The number of methoxy groups -OCH3 is 1. The van der Waals surface area contributed by atoms with E-state index in [1.807, 2.05) is 63.2 Å². The number of benzene rings is 2. The lowest BCUT2D eigenvalue weighted by Crippen LogP contribution is -2.38. The molecule has 2 atom stereocenters. The number of ketones is 1. The van der Waals surface area contributed by atoms with Crippen LogP contribution >= 0.6 is 0 Å². The summed E-state index contributed by atoms with van der Waals surface area (Å²) in [7, 11) is 1.61. The van der Waals surface area contributed by atoms with Gasteiger partial charge in [0, 0.05) is 30.0 Å². The van der Waals surface area contributed by atoms with Gasteiger partial charge >= 0.3 is 0 Å². The lowest BCUT2D eigenvalue weighted by atomic mass is 9.73. The second-order valence-electron chi connectivity index (χ2n) is 8.80. The Balaban J connectivity index is 1.62. The minimum Gasteiger partial charge on any atom is -0.493 e. The molecule has 2 aromatic rings. The van der Waals surface area contributed by atoms with Crippen molar-refractivity contribution in [2.24, 2.45) is 0 Å². The van der Waals surface area contributed by atoms with Crippen LogP contribution in [-0.2, 0) is 9.59 Å². The molecule has 0 spiro atoms. The molecule has 0 fully saturated rings. The molecule has 0 aromatic heterocycles. The molecule has 6 heteroatoms. The lowest BCUT2D eigenvalue weighted by Gasteiger charge is -2.34. The molecular formula is C27H31NO5. The van der Waals surface area contributed by atoms with Crippen molar-refractivity contribution in [1.29, 1.82) is 0 Å². The summed E-state index contributed by atoms with van der Waals surface area (Å²) in [6, 6.07) is 13.5. The highest BCUT2D eigenvalue weighted by Crippen LogP contribution is 2.44. The Morgan fingerprint density at radius 3 is 2.36 bits per heavy atom. The molecule has 6 nitrogen and oxygen atoms in total. The number of Topliss-reactive ketones (excluding diaryl/α,β-unsaturated/α-hetero) is 1. The van der Waals surface area contributed by atoms with Crippen molar-refractivity contribution < 1.29 is 23.8 Å². The largest absolute Gasteiger partial charge is 0.493 e. The first-order chi connectivity index (χ1) is 15.9. The molecule has 174 valence electrons. The Labute approximate surface area is 194 Å². The Hall–Kier alpha value is -3.28. The van der Waals surface area contributed by atoms with Crippen LogP contribution in [-0.4, -0.2) is 31.5 Å². The summed E-state index contributed by atoms with van der Waals surface area (Å²) in [6.07, 6.45) is 1.37. The normalized spacial score (nSPS) is 20.4. The van der Waals surface area contributed by atoms with Gasteiger partial charge in [-0.1, -0.05) is 18.2 Å². The van der Waals surface area contributed by atoms with Crippen LogP contribution in [0.4, 0.5) is 0 Å². The number of hydrogen-bond donors (Lipinski definition) is 1. The third kappa shape index (κ3) is 4.90. The lowest BCUT2D eigenvalue weighted by molar-refractivity contribution is -0.122. The fraction of sp³-hybridized carbons (Fsp3) is 0.407. The maximum atomic E-state index is 13.3. The molecule has 1 N–H and O–H groups in total. The molecule has 2 aromatic carbocycles. The van der Waals surface area contributed by atoms with E-state index in [2.05, 4.69) is 5.32 Å². The number of allylic oxidation sites excluding steroid dienone is 2. The van der Waals surface area contributed by atoms with Crippen LogP contribution in [0.2, 0.25) is 0 Å². The molecule has 0 saturated carbocycles. The zero-order valence-corrected chi connectivity index (χ0v) is 19.6. The van der Waals surface area contributed by atoms with Gasteiger partial charge in [0.05, 0.1) is 19.8 Å². The van der Waals surface area contributed by atoms with E-state index >= 15 is 0 Å². The van der Waals surface area contributed by atoms with Crippen LogP contribution in [0.3, 0.4) is 0 Å². The van der Waals surface area contributed by atoms with Gasteiger partial charge in [-0.3, -0.25) is 9.59 Å². The SMILES string of the molecule is CCOc1ccc(C2CC(=O)C3=C(C2)NC(=O)CC3c2ccc(OC(C)C)cc2)cc1OC. The second-order valence-corrected chi connectivity index (χ2v) is 8.80. The summed E-state index contributed by atoms with van der Waals surface area (Å²) < 4.78 is 16.8. The minimum absolute atomic E-state index is 0.0262. The highest BCUT2D eigenvalue weighted by Gasteiger charge is 2.38. The van der Waals surface area contributed by atoms with Gasteiger partial charge in [-0.15, -0.1) is 0 Å². The average molecular weight is 450 g/mol. The van der Waals surface area contributed by atoms with E-state index in [0.29, 0.717) is 30.9 Å². The van der Waals surface area contributed by atoms with E-state index in [1.165, 1.54) is 0 Å². The summed E-state index contributed by atoms with van der Waals surface area (Å²) in [6.45, 7) is 6.43. The van der Waals surface area contributed by atoms with Crippen LogP contribution in [0.1, 0.15) is 63.0 Å². The highest BCUT2D eigenvalue weighted by molar-refractivity contribution is 6.02. The van der Waals surface area contributed by atoms with Crippen molar-refractivity contribution in [3.8, 4) is 17.2 Å². The third-order valence-corrected chi connectivity index (χ3v) is 6.15. The molecular weight excluding hydrogens is 418 g/mol. The van der Waals surface area contributed by atoms with Crippen molar-refractivity contribution in [3.63, 3.8) is 0 Å². The fourth-order valence-electron chi connectivity index (χ4n) is 4.74. The summed E-state index contributed by atoms with van der Waals surface area (Å²) in [5.41, 5.74) is 3.44. The maximum absolute atomic E-state index is 13.3. The van der Waals surface area contributed by atoms with Gasteiger partial charge in [0.2, 0.25) is 5.91 Å². The number of amides is 1. The van der Waals surface area contributed by atoms with Crippen LogP contribution in [0, 0.1) is 0 Å². The van der Waals surface area contributed by atoms with Crippen LogP contribution < -0.4 is 19.5 Å². The zero-order chi connectivity index (χ0) is 23.5. The number of carbonyl (C=O) groups is 2. The molecule has 2 unspecified atom stereocenters. The van der Waals surface area contributed by atoms with Gasteiger partial charge in [-0.2, -0.15) is 0 Å². The number of nitrogens with one attached hydrogen (secondary N) is 1. The maximum Gasteiger partial charge on any atom is 0.225 e. The summed E-state index contributed by atoms with van der Waals surface area (Å²) in [5, 5.41) is 2.99. The van der Waals surface area contributed by atoms with Crippen molar-refractivity contribution in [1.82, 2.24) is 5.32 Å². The van der Waals surface area contributed by atoms with Crippen LogP contribution in [0.5, 0.6) is 17.2 Å². The quantitative estimate of drug-likeness (QED) is 0.652. The summed E-state index contributed by atoms with van der Waals surface area (Å²) >= 11 is 0. The number of carbonyl (C=O) groups excluding carboxylic acids is 2. The number of rotatable bonds is 7. The van der Waals surface area contributed by atoms with Gasteiger partial charge < -0.3 is 19.5 Å². The van der Waals surface area contributed by atoms with Crippen molar-refractivity contribution in [2.75, 3.05) is 13.7 Å². The Morgan fingerprint density at radius 2 is 1.70 bits per heavy atom. The Bertz CT molecular complexity index is 1070. The van der Waals surface area contributed by atoms with E-state index < -0.39 is 0 Å². The fourth-order valence-corrected chi connectivity index (χ4v) is 4.74. The van der Waals surface area contributed by atoms with Crippen molar-refractivity contribution in [3.05, 3.63) is 64.9 Å². The number of hydrogen-bond acceptors (Lipinski definition) is 5. The molecule has 4 rings (SSSR count). The summed E-state index contributed by atoms with van der Waals surface area (Å²) in [4.78, 5) is 25.9. The highest BCUT2D eigenvalue weighted by atomic mass is 16.5. The molecule has 1 aliphatic heterocycles. The van der Waals surface area contributed by atoms with Crippen LogP contribution in [0.15, 0.2) is 53.7 Å². The van der Waals surface area contributed by atoms with E-state index in [9.17, 15) is 9.59 Å². The first kappa shape index (κ1) is 22.9. The second kappa shape index (κ2) is 9.69. The molecule has 1 amide bonds.